The molecular formula is C16H22N2O2. The fourth-order valence-corrected chi connectivity index (χ4v) is 2.27. The molecule has 1 aromatic heterocycles. The summed E-state index contributed by atoms with van der Waals surface area (Å²) in [4.78, 5) is 4.36. The van der Waals surface area contributed by atoms with Crippen LogP contribution in [0.15, 0.2) is 30.5 Å². The van der Waals surface area contributed by atoms with E-state index in [2.05, 4.69) is 24.1 Å². The Hall–Kier alpha value is -1.81. The van der Waals surface area contributed by atoms with Crippen molar-refractivity contribution in [1.29, 1.82) is 0 Å². The van der Waals surface area contributed by atoms with Gasteiger partial charge < -0.3 is 15.5 Å². The van der Waals surface area contributed by atoms with Gasteiger partial charge in [0.2, 0.25) is 0 Å². The van der Waals surface area contributed by atoms with Crippen molar-refractivity contribution < 1.29 is 10.2 Å². The molecule has 3 N–H and O–H groups in total. The van der Waals surface area contributed by atoms with Crippen LogP contribution in [0, 0.1) is 5.41 Å². The van der Waals surface area contributed by atoms with E-state index in [0.717, 1.165) is 36.0 Å². The molecule has 1 aromatic carbocycles. The van der Waals surface area contributed by atoms with Gasteiger partial charge in [0, 0.05) is 24.7 Å². The van der Waals surface area contributed by atoms with Crippen LogP contribution < -0.4 is 5.32 Å². The van der Waals surface area contributed by atoms with Gasteiger partial charge in [-0.2, -0.15) is 0 Å². The van der Waals surface area contributed by atoms with Crippen molar-refractivity contribution in [3.05, 3.63) is 30.5 Å². The Morgan fingerprint density at radius 3 is 2.80 bits per heavy atom. The number of fused-ring (bicyclic) bond motifs is 1. The zero-order valence-corrected chi connectivity index (χ0v) is 12.1. The molecule has 0 aliphatic carbocycles. The molecule has 0 spiro atoms. The first-order valence-corrected chi connectivity index (χ1v) is 6.94. The number of pyridine rings is 1. The first-order valence-electron chi connectivity index (χ1n) is 6.94. The number of nitrogens with zero attached hydrogens (tertiary/aromatic N) is 1. The van der Waals surface area contributed by atoms with E-state index in [4.69, 9.17) is 5.11 Å². The van der Waals surface area contributed by atoms with Crippen LogP contribution in [-0.4, -0.2) is 28.3 Å². The minimum Gasteiger partial charge on any atom is -0.508 e. The van der Waals surface area contributed by atoms with Crippen LogP contribution in [0.25, 0.3) is 10.8 Å². The molecule has 20 heavy (non-hydrogen) atoms. The van der Waals surface area contributed by atoms with E-state index in [0.29, 0.717) is 0 Å². The summed E-state index contributed by atoms with van der Waals surface area (Å²) in [6, 6.07) is 7.22. The van der Waals surface area contributed by atoms with Crippen LogP contribution in [0.5, 0.6) is 5.75 Å². The van der Waals surface area contributed by atoms with Crippen LogP contribution in [0.3, 0.4) is 0 Å². The lowest BCUT2D eigenvalue weighted by atomic mass is 9.88. The molecule has 0 amide bonds. The van der Waals surface area contributed by atoms with Gasteiger partial charge >= 0.3 is 0 Å². The number of aliphatic hydroxyl groups excluding tert-OH is 1. The number of phenolic OH excluding ortho intramolecular Hbond substituents is 1. The second-order valence-electron chi connectivity index (χ2n) is 5.91. The second kappa shape index (κ2) is 6.09. The summed E-state index contributed by atoms with van der Waals surface area (Å²) in [7, 11) is 0. The lowest BCUT2D eigenvalue weighted by Crippen LogP contribution is -2.23. The molecule has 4 heteroatoms. The predicted molar refractivity (Wildman–Crippen MR) is 82.0 cm³/mol. The Morgan fingerprint density at radius 1 is 1.25 bits per heavy atom. The lowest BCUT2D eigenvalue weighted by molar-refractivity contribution is 0.248. The van der Waals surface area contributed by atoms with Gasteiger partial charge in [-0.1, -0.05) is 19.9 Å². The number of hydrogen-bond acceptors (Lipinski definition) is 4. The Labute approximate surface area is 119 Å². The molecule has 0 unspecified atom stereocenters. The van der Waals surface area contributed by atoms with Crippen LogP contribution in [-0.2, 0) is 0 Å². The Balaban J connectivity index is 2.15. The van der Waals surface area contributed by atoms with Crippen molar-refractivity contribution in [3.8, 4) is 5.75 Å². The maximum atomic E-state index is 9.62. The summed E-state index contributed by atoms with van der Waals surface area (Å²) in [5.41, 5.74) is 0.0867. The molecular weight excluding hydrogens is 252 g/mol. The maximum Gasteiger partial charge on any atom is 0.133 e. The van der Waals surface area contributed by atoms with Crippen molar-refractivity contribution >= 4 is 16.6 Å². The fraction of sp³-hybridized carbons (Fsp3) is 0.438. The van der Waals surface area contributed by atoms with Gasteiger partial charge in [0.05, 0.1) is 0 Å². The Kier molecular flexibility index (Phi) is 4.45. The molecule has 0 saturated carbocycles. The van der Waals surface area contributed by atoms with Gasteiger partial charge in [-0.25, -0.2) is 4.98 Å². The third-order valence-corrected chi connectivity index (χ3v) is 3.50. The van der Waals surface area contributed by atoms with Gasteiger partial charge in [0.1, 0.15) is 11.6 Å². The van der Waals surface area contributed by atoms with Crippen molar-refractivity contribution in [1.82, 2.24) is 4.98 Å². The minimum atomic E-state index is 0.0867. The highest BCUT2D eigenvalue weighted by Gasteiger charge is 2.17. The average Bonchev–Trinajstić information content (AvgIpc) is 2.43. The van der Waals surface area contributed by atoms with E-state index in [1.54, 1.807) is 18.3 Å². The van der Waals surface area contributed by atoms with E-state index < -0.39 is 0 Å². The van der Waals surface area contributed by atoms with Crippen LogP contribution in [0.2, 0.25) is 0 Å². The van der Waals surface area contributed by atoms with Crippen molar-refractivity contribution in [2.75, 3.05) is 18.5 Å². The van der Waals surface area contributed by atoms with Gasteiger partial charge in [0.15, 0.2) is 0 Å². The minimum absolute atomic E-state index is 0.0867. The van der Waals surface area contributed by atoms with Gasteiger partial charge in [-0.15, -0.1) is 0 Å². The smallest absolute Gasteiger partial charge is 0.133 e. The highest BCUT2D eigenvalue weighted by atomic mass is 16.3. The number of hydrogen-bond donors (Lipinski definition) is 3. The molecule has 0 atom stereocenters. The van der Waals surface area contributed by atoms with Crippen LogP contribution in [0.4, 0.5) is 5.82 Å². The summed E-state index contributed by atoms with van der Waals surface area (Å²) in [6.07, 6.45) is 3.52. The molecule has 108 valence electrons. The number of aromatic hydroxyl groups is 1. The molecule has 0 saturated heterocycles. The Morgan fingerprint density at radius 2 is 2.05 bits per heavy atom. The predicted octanol–water partition coefficient (Wildman–Crippen LogP) is 3.15. The Bertz CT molecular complexity index is 582. The fourth-order valence-electron chi connectivity index (χ4n) is 2.27. The zero-order valence-electron chi connectivity index (χ0n) is 12.1. The van der Waals surface area contributed by atoms with Crippen molar-refractivity contribution in [2.24, 2.45) is 5.41 Å². The first kappa shape index (κ1) is 14.6. The number of nitrogens with one attached hydrogen (secondary N) is 1. The van der Waals surface area contributed by atoms with E-state index in [1.165, 1.54) is 0 Å². The van der Waals surface area contributed by atoms with Crippen LogP contribution >= 0.6 is 0 Å². The molecule has 0 radical (unpaired) electrons. The highest BCUT2D eigenvalue weighted by Crippen LogP contribution is 2.27. The van der Waals surface area contributed by atoms with E-state index in [1.807, 2.05) is 12.1 Å². The van der Waals surface area contributed by atoms with Gasteiger partial charge in [0.25, 0.3) is 0 Å². The van der Waals surface area contributed by atoms with E-state index in [-0.39, 0.29) is 17.8 Å². The van der Waals surface area contributed by atoms with Crippen molar-refractivity contribution in [2.45, 2.75) is 26.7 Å². The van der Waals surface area contributed by atoms with Crippen molar-refractivity contribution in [3.63, 3.8) is 0 Å². The summed E-state index contributed by atoms with van der Waals surface area (Å²) in [5.74, 6) is 1.03. The molecule has 1 heterocycles. The maximum absolute atomic E-state index is 9.62. The number of anilines is 1. The second-order valence-corrected chi connectivity index (χ2v) is 5.91. The third kappa shape index (κ3) is 3.61. The number of aromatic nitrogens is 1. The summed E-state index contributed by atoms with van der Waals surface area (Å²) >= 11 is 0. The zero-order chi connectivity index (χ0) is 14.6. The standard InChI is InChI=1S/C16H22N2O2/c1-16(2,7-3-9-19)11-18-15-14-10-13(20)5-4-12(14)6-8-17-15/h4-6,8,10,19-20H,3,7,9,11H2,1-2H3,(H,17,18). The highest BCUT2D eigenvalue weighted by molar-refractivity contribution is 5.92. The molecule has 4 nitrogen and oxygen atoms in total. The quantitative estimate of drug-likeness (QED) is 0.757. The molecule has 0 aliphatic rings. The monoisotopic (exact) mass is 274 g/mol. The first-order chi connectivity index (χ1) is 9.52. The largest absolute Gasteiger partial charge is 0.508 e. The number of aliphatic hydroxyl groups is 1. The molecule has 2 rings (SSSR count). The van der Waals surface area contributed by atoms with E-state index in [9.17, 15) is 5.11 Å². The SMILES string of the molecule is CC(C)(CCCO)CNc1nccc2ccc(O)cc12. The third-order valence-electron chi connectivity index (χ3n) is 3.50. The van der Waals surface area contributed by atoms with E-state index >= 15 is 0 Å². The number of phenols is 1. The van der Waals surface area contributed by atoms with Gasteiger partial charge in [-0.05, 0) is 41.8 Å². The number of benzene rings is 1. The normalized spacial score (nSPS) is 11.8. The number of rotatable bonds is 6. The summed E-state index contributed by atoms with van der Waals surface area (Å²) < 4.78 is 0. The molecule has 0 bridgehead atoms. The molecule has 0 fully saturated rings. The van der Waals surface area contributed by atoms with Gasteiger partial charge in [-0.3, -0.25) is 0 Å². The lowest BCUT2D eigenvalue weighted by Gasteiger charge is -2.25. The van der Waals surface area contributed by atoms with Crippen LogP contribution in [0.1, 0.15) is 26.7 Å². The average molecular weight is 274 g/mol. The topological polar surface area (TPSA) is 65.4 Å². The molecule has 0 aliphatic heterocycles. The molecule has 2 aromatic rings. The summed E-state index contributed by atoms with van der Waals surface area (Å²) in [5, 5.41) is 23.9. The summed E-state index contributed by atoms with van der Waals surface area (Å²) in [6.45, 7) is 5.33.